The monoisotopic (exact) mass is 322 g/mol. The van der Waals surface area contributed by atoms with Gasteiger partial charge < -0.3 is 5.73 Å². The molecule has 0 saturated heterocycles. The van der Waals surface area contributed by atoms with Gasteiger partial charge in [0.15, 0.2) is 0 Å². The molecule has 0 aliphatic carbocycles. The van der Waals surface area contributed by atoms with Crippen LogP contribution < -0.4 is 5.73 Å². The molecule has 2 N–H and O–H groups in total. The molecule has 21 heavy (non-hydrogen) atoms. The molecule has 3 rings (SSSR count). The molecular weight excluding hydrogens is 304 g/mol. The predicted molar refractivity (Wildman–Crippen MR) is 85.9 cm³/mol. The highest BCUT2D eigenvalue weighted by atomic mass is 32.2. The molecule has 0 radical (unpaired) electrons. The lowest BCUT2D eigenvalue weighted by atomic mass is 10.1. The Morgan fingerprint density at radius 1 is 1.19 bits per heavy atom. The summed E-state index contributed by atoms with van der Waals surface area (Å²) in [4.78, 5) is 1.55. The zero-order chi connectivity index (χ0) is 15.2. The molecule has 0 spiro atoms. The van der Waals surface area contributed by atoms with E-state index in [2.05, 4.69) is 0 Å². The summed E-state index contributed by atoms with van der Waals surface area (Å²) in [7, 11) is -3.55. The van der Waals surface area contributed by atoms with E-state index in [1.165, 1.54) is 4.88 Å². The van der Waals surface area contributed by atoms with Crippen LogP contribution in [0.1, 0.15) is 21.6 Å². The second-order valence-corrected chi connectivity index (χ2v) is 8.28. The predicted octanol–water partition coefficient (Wildman–Crippen LogP) is 2.69. The van der Waals surface area contributed by atoms with Gasteiger partial charge in [0, 0.05) is 18.0 Å². The number of anilines is 1. The number of sulfonamides is 1. The standard InChI is InChI=1S/C15H18N2O2S2/c1-10-3-4-11(2)15(14(10)16)21(18,19)17-7-5-13-12(9-17)6-8-20-13/h3-4,6,8H,5,7,9,16H2,1-2H3. The third-order valence-electron chi connectivity index (χ3n) is 3.98. The van der Waals surface area contributed by atoms with E-state index >= 15 is 0 Å². The molecule has 1 aromatic heterocycles. The van der Waals surface area contributed by atoms with Crippen LogP contribution in [0.5, 0.6) is 0 Å². The zero-order valence-electron chi connectivity index (χ0n) is 12.1. The summed E-state index contributed by atoms with van der Waals surface area (Å²) in [5, 5.41) is 2.02. The van der Waals surface area contributed by atoms with Gasteiger partial charge in [-0.1, -0.05) is 12.1 Å². The summed E-state index contributed by atoms with van der Waals surface area (Å²) < 4.78 is 27.5. The Hall–Kier alpha value is -1.37. The van der Waals surface area contributed by atoms with Crippen LogP contribution in [-0.2, 0) is 23.0 Å². The highest BCUT2D eigenvalue weighted by molar-refractivity contribution is 7.89. The van der Waals surface area contributed by atoms with E-state index in [-0.39, 0.29) is 4.90 Å². The maximum atomic E-state index is 13.0. The SMILES string of the molecule is Cc1ccc(C)c(S(=O)(=O)N2CCc3sccc3C2)c1N. The number of nitrogens with two attached hydrogens (primary N) is 1. The minimum atomic E-state index is -3.55. The van der Waals surface area contributed by atoms with Gasteiger partial charge >= 0.3 is 0 Å². The molecule has 4 nitrogen and oxygen atoms in total. The average molecular weight is 322 g/mol. The van der Waals surface area contributed by atoms with Gasteiger partial charge in [-0.15, -0.1) is 11.3 Å². The van der Waals surface area contributed by atoms with Crippen molar-refractivity contribution in [3.8, 4) is 0 Å². The van der Waals surface area contributed by atoms with Crippen LogP contribution in [-0.4, -0.2) is 19.3 Å². The lowest BCUT2D eigenvalue weighted by molar-refractivity contribution is 0.394. The quantitative estimate of drug-likeness (QED) is 0.865. The van der Waals surface area contributed by atoms with Crippen molar-refractivity contribution in [2.45, 2.75) is 31.7 Å². The molecule has 0 fully saturated rings. The highest BCUT2D eigenvalue weighted by Gasteiger charge is 2.31. The molecule has 0 amide bonds. The summed E-state index contributed by atoms with van der Waals surface area (Å²) in [6.07, 6.45) is 0.775. The third-order valence-corrected chi connectivity index (χ3v) is 7.05. The Morgan fingerprint density at radius 2 is 1.90 bits per heavy atom. The molecule has 6 heteroatoms. The molecule has 2 aromatic rings. The number of fused-ring (bicyclic) bond motifs is 1. The molecule has 112 valence electrons. The first kappa shape index (κ1) is 14.6. The third kappa shape index (κ3) is 2.37. The first-order chi connectivity index (χ1) is 9.91. The average Bonchev–Trinajstić information content (AvgIpc) is 2.90. The van der Waals surface area contributed by atoms with Crippen LogP contribution >= 0.6 is 11.3 Å². The minimum absolute atomic E-state index is 0.265. The largest absolute Gasteiger partial charge is 0.397 e. The van der Waals surface area contributed by atoms with Crippen molar-refractivity contribution < 1.29 is 8.42 Å². The molecule has 2 heterocycles. The minimum Gasteiger partial charge on any atom is -0.397 e. The molecule has 1 aliphatic heterocycles. The second kappa shape index (κ2) is 5.12. The Morgan fingerprint density at radius 3 is 2.67 bits per heavy atom. The van der Waals surface area contributed by atoms with E-state index in [0.717, 1.165) is 17.5 Å². The maximum absolute atomic E-state index is 13.0. The first-order valence-electron chi connectivity index (χ1n) is 6.82. The van der Waals surface area contributed by atoms with E-state index in [9.17, 15) is 8.42 Å². The van der Waals surface area contributed by atoms with Crippen LogP contribution in [0.2, 0.25) is 0 Å². The number of nitrogens with zero attached hydrogens (tertiary/aromatic N) is 1. The molecule has 1 aromatic carbocycles. The number of thiophene rings is 1. The number of benzene rings is 1. The van der Waals surface area contributed by atoms with Crippen molar-refractivity contribution in [2.75, 3.05) is 12.3 Å². The molecule has 0 unspecified atom stereocenters. The van der Waals surface area contributed by atoms with Gasteiger partial charge in [0.1, 0.15) is 4.90 Å². The first-order valence-corrected chi connectivity index (χ1v) is 9.14. The summed E-state index contributed by atoms with van der Waals surface area (Å²) in [5.74, 6) is 0. The van der Waals surface area contributed by atoms with E-state index in [1.54, 1.807) is 22.6 Å². The summed E-state index contributed by atoms with van der Waals surface area (Å²) in [5.41, 5.74) is 9.03. The Balaban J connectivity index is 2.05. The van der Waals surface area contributed by atoms with Gasteiger partial charge in [0.05, 0.1) is 5.69 Å². The van der Waals surface area contributed by atoms with Gasteiger partial charge in [0.2, 0.25) is 10.0 Å². The van der Waals surface area contributed by atoms with Gasteiger partial charge in [0.25, 0.3) is 0 Å². The van der Waals surface area contributed by atoms with Crippen LogP contribution in [0.3, 0.4) is 0 Å². The van der Waals surface area contributed by atoms with Crippen molar-refractivity contribution in [1.29, 1.82) is 0 Å². The van der Waals surface area contributed by atoms with Gasteiger partial charge in [-0.25, -0.2) is 8.42 Å². The smallest absolute Gasteiger partial charge is 0.245 e. The molecule has 0 saturated carbocycles. The van der Waals surface area contributed by atoms with Crippen LogP contribution in [0, 0.1) is 13.8 Å². The van der Waals surface area contributed by atoms with Gasteiger partial charge in [-0.3, -0.25) is 0 Å². The summed E-state index contributed by atoms with van der Waals surface area (Å²) >= 11 is 1.70. The van der Waals surface area contributed by atoms with Crippen molar-refractivity contribution >= 4 is 27.0 Å². The topological polar surface area (TPSA) is 63.4 Å². The summed E-state index contributed by atoms with van der Waals surface area (Å²) in [6.45, 7) is 4.58. The normalized spacial score (nSPS) is 15.9. The van der Waals surface area contributed by atoms with E-state index in [4.69, 9.17) is 5.73 Å². The van der Waals surface area contributed by atoms with E-state index in [0.29, 0.717) is 24.3 Å². The van der Waals surface area contributed by atoms with Crippen molar-refractivity contribution in [2.24, 2.45) is 0 Å². The number of nitrogen functional groups attached to an aromatic ring is 1. The number of rotatable bonds is 2. The number of hydrogen-bond acceptors (Lipinski definition) is 4. The van der Waals surface area contributed by atoms with Crippen LogP contribution in [0.4, 0.5) is 5.69 Å². The molecular formula is C15H18N2O2S2. The Kier molecular flexibility index (Phi) is 3.55. The summed E-state index contributed by atoms with van der Waals surface area (Å²) in [6, 6.07) is 5.68. The maximum Gasteiger partial charge on any atom is 0.245 e. The molecule has 0 bridgehead atoms. The van der Waals surface area contributed by atoms with Gasteiger partial charge in [-0.2, -0.15) is 4.31 Å². The fourth-order valence-electron chi connectivity index (χ4n) is 2.71. The number of hydrogen-bond donors (Lipinski definition) is 1. The fourth-order valence-corrected chi connectivity index (χ4v) is 5.41. The Labute approximate surface area is 129 Å². The van der Waals surface area contributed by atoms with E-state index < -0.39 is 10.0 Å². The highest BCUT2D eigenvalue weighted by Crippen LogP contribution is 2.32. The second-order valence-electron chi connectivity index (χ2n) is 5.40. The Bertz CT molecular complexity index is 794. The van der Waals surface area contributed by atoms with Crippen LogP contribution in [0.25, 0.3) is 0 Å². The lowest BCUT2D eigenvalue weighted by Gasteiger charge is -2.27. The lowest BCUT2D eigenvalue weighted by Crippen LogP contribution is -2.36. The molecule has 0 atom stereocenters. The van der Waals surface area contributed by atoms with Crippen molar-refractivity contribution in [1.82, 2.24) is 4.31 Å². The van der Waals surface area contributed by atoms with Crippen molar-refractivity contribution in [3.05, 3.63) is 45.1 Å². The van der Waals surface area contributed by atoms with Crippen molar-refractivity contribution in [3.63, 3.8) is 0 Å². The number of aryl methyl sites for hydroxylation is 2. The van der Waals surface area contributed by atoms with Gasteiger partial charge in [-0.05, 0) is 48.4 Å². The fraction of sp³-hybridized carbons (Fsp3) is 0.333. The van der Waals surface area contributed by atoms with E-state index in [1.807, 2.05) is 30.5 Å². The van der Waals surface area contributed by atoms with Crippen LogP contribution in [0.15, 0.2) is 28.5 Å². The zero-order valence-corrected chi connectivity index (χ0v) is 13.7. The molecule has 1 aliphatic rings.